The highest BCUT2D eigenvalue weighted by molar-refractivity contribution is 5.96. The first-order chi connectivity index (χ1) is 16.4. The monoisotopic (exact) mass is 469 g/mol. The van der Waals surface area contributed by atoms with Gasteiger partial charge in [-0.1, -0.05) is 31.5 Å². The third-order valence-corrected chi connectivity index (χ3v) is 4.41. The van der Waals surface area contributed by atoms with Gasteiger partial charge in [0.15, 0.2) is 6.61 Å². The maximum atomic E-state index is 12.0. The Morgan fingerprint density at radius 1 is 0.765 bits per heavy atom. The van der Waals surface area contributed by atoms with Gasteiger partial charge in [-0.25, -0.2) is 4.79 Å². The van der Waals surface area contributed by atoms with Crippen LogP contribution in [0.3, 0.4) is 0 Å². The van der Waals surface area contributed by atoms with Gasteiger partial charge in [-0.3, -0.25) is 30.0 Å². The molecule has 0 saturated heterocycles. The van der Waals surface area contributed by atoms with Crippen LogP contribution in [0.25, 0.3) is 0 Å². The van der Waals surface area contributed by atoms with Crippen LogP contribution in [0.1, 0.15) is 53.3 Å². The molecule has 2 aromatic carbocycles. The Hall–Kier alpha value is -4.21. The molecule has 0 bridgehead atoms. The zero-order chi connectivity index (χ0) is 24.8. The first-order valence-electron chi connectivity index (χ1n) is 10.8. The van der Waals surface area contributed by atoms with Crippen molar-refractivity contribution >= 4 is 35.3 Å². The molecular weight excluding hydrogens is 442 g/mol. The fourth-order valence-corrected chi connectivity index (χ4v) is 2.56. The number of hydrogen-bond acceptors (Lipinski definition) is 7. The van der Waals surface area contributed by atoms with Gasteiger partial charge in [0.2, 0.25) is 5.91 Å². The molecule has 10 heteroatoms. The van der Waals surface area contributed by atoms with Crippen molar-refractivity contribution in [2.24, 2.45) is 0 Å². The quantitative estimate of drug-likeness (QED) is 0.261. The molecular formula is C24H27N3O7. The first kappa shape index (κ1) is 26.0. The van der Waals surface area contributed by atoms with Gasteiger partial charge in [0.05, 0.1) is 18.6 Å². The molecule has 34 heavy (non-hydrogen) atoms. The number of nitrogens with one attached hydrogen (secondary N) is 3. The largest absolute Gasteiger partial charge is 0.462 e. The smallest absolute Gasteiger partial charge is 0.338 e. The number of ether oxygens (including phenoxy) is 2. The van der Waals surface area contributed by atoms with Gasteiger partial charge in [0, 0.05) is 17.7 Å². The number of carbonyl (C=O) groups excluding carboxylic acids is 5. The lowest BCUT2D eigenvalue weighted by Gasteiger charge is -2.09. The molecule has 0 atom stereocenters. The summed E-state index contributed by atoms with van der Waals surface area (Å²) in [7, 11) is 0. The van der Waals surface area contributed by atoms with Crippen LogP contribution in [-0.4, -0.2) is 42.9 Å². The topological polar surface area (TPSA) is 140 Å². The van der Waals surface area contributed by atoms with Crippen LogP contribution in [-0.2, 0) is 23.9 Å². The summed E-state index contributed by atoms with van der Waals surface area (Å²) in [5.74, 6) is -2.84. The highest BCUT2D eigenvalue weighted by Crippen LogP contribution is 2.11. The first-order valence-corrected chi connectivity index (χ1v) is 10.8. The van der Waals surface area contributed by atoms with Crippen LogP contribution in [0.2, 0.25) is 0 Å². The Bertz CT molecular complexity index is 991. The second-order valence-electron chi connectivity index (χ2n) is 7.14. The average molecular weight is 469 g/mol. The lowest BCUT2D eigenvalue weighted by Crippen LogP contribution is -2.41. The summed E-state index contributed by atoms with van der Waals surface area (Å²) in [6.45, 7) is 1.81. The highest BCUT2D eigenvalue weighted by atomic mass is 16.5. The molecule has 2 rings (SSSR count). The van der Waals surface area contributed by atoms with Crippen LogP contribution in [0.4, 0.5) is 5.69 Å². The SMILES string of the molecule is CCCCOC(=O)c1ccc(NC(=O)COC(=O)CCC(=O)NNC(=O)c2ccccc2)cc1. The molecule has 0 aliphatic rings. The zero-order valence-electron chi connectivity index (χ0n) is 18.8. The van der Waals surface area contributed by atoms with E-state index in [1.165, 1.54) is 24.3 Å². The van der Waals surface area contributed by atoms with E-state index in [-0.39, 0.29) is 12.8 Å². The van der Waals surface area contributed by atoms with Crippen LogP contribution in [0.15, 0.2) is 54.6 Å². The fraction of sp³-hybridized carbons (Fsp3) is 0.292. The molecule has 0 saturated carbocycles. The molecule has 180 valence electrons. The Kier molecular flexibility index (Phi) is 10.8. The van der Waals surface area contributed by atoms with Crippen molar-refractivity contribution in [3.8, 4) is 0 Å². The predicted molar refractivity (Wildman–Crippen MR) is 123 cm³/mol. The summed E-state index contributed by atoms with van der Waals surface area (Å²) in [6, 6.07) is 14.4. The number of anilines is 1. The third kappa shape index (κ3) is 9.51. The minimum absolute atomic E-state index is 0.231. The van der Waals surface area contributed by atoms with Gasteiger partial charge < -0.3 is 14.8 Å². The van der Waals surface area contributed by atoms with Crippen molar-refractivity contribution in [2.45, 2.75) is 32.6 Å². The molecule has 10 nitrogen and oxygen atoms in total. The van der Waals surface area contributed by atoms with Crippen molar-refractivity contribution in [1.82, 2.24) is 10.9 Å². The third-order valence-electron chi connectivity index (χ3n) is 4.41. The van der Waals surface area contributed by atoms with E-state index >= 15 is 0 Å². The molecule has 0 radical (unpaired) electrons. The van der Waals surface area contributed by atoms with Crippen molar-refractivity contribution in [3.05, 3.63) is 65.7 Å². The number of hydrazine groups is 1. The van der Waals surface area contributed by atoms with E-state index in [2.05, 4.69) is 16.2 Å². The van der Waals surface area contributed by atoms with Crippen molar-refractivity contribution in [3.63, 3.8) is 0 Å². The van der Waals surface area contributed by atoms with E-state index in [0.29, 0.717) is 23.4 Å². The number of rotatable bonds is 11. The van der Waals surface area contributed by atoms with Gasteiger partial charge in [-0.05, 0) is 42.8 Å². The van der Waals surface area contributed by atoms with Gasteiger partial charge in [0.1, 0.15) is 0 Å². The van der Waals surface area contributed by atoms with Gasteiger partial charge >= 0.3 is 11.9 Å². The van der Waals surface area contributed by atoms with Gasteiger partial charge in [0.25, 0.3) is 11.8 Å². The number of esters is 2. The molecule has 0 aromatic heterocycles. The lowest BCUT2D eigenvalue weighted by atomic mass is 10.2. The standard InChI is InChI=1S/C24H27N3O7/c1-2-3-15-33-24(32)18-9-11-19(12-10-18)25-21(29)16-34-22(30)14-13-20(28)26-27-23(31)17-7-5-4-6-8-17/h4-12H,2-3,13-16H2,1H3,(H,25,29)(H,26,28)(H,27,31). The molecule has 0 unspecified atom stereocenters. The summed E-state index contributed by atoms with van der Waals surface area (Å²) >= 11 is 0. The minimum Gasteiger partial charge on any atom is -0.462 e. The fourth-order valence-electron chi connectivity index (χ4n) is 2.56. The van der Waals surface area contributed by atoms with Crippen LogP contribution in [0.5, 0.6) is 0 Å². The van der Waals surface area contributed by atoms with Gasteiger partial charge in [-0.15, -0.1) is 0 Å². The molecule has 3 amide bonds. The Morgan fingerprint density at radius 3 is 2.15 bits per heavy atom. The highest BCUT2D eigenvalue weighted by Gasteiger charge is 2.12. The Morgan fingerprint density at radius 2 is 1.47 bits per heavy atom. The lowest BCUT2D eigenvalue weighted by molar-refractivity contribution is -0.148. The molecule has 3 N–H and O–H groups in total. The van der Waals surface area contributed by atoms with E-state index in [9.17, 15) is 24.0 Å². The van der Waals surface area contributed by atoms with Gasteiger partial charge in [-0.2, -0.15) is 0 Å². The summed E-state index contributed by atoms with van der Waals surface area (Å²) in [5.41, 5.74) is 5.59. The number of carbonyl (C=O) groups is 5. The molecule has 0 heterocycles. The van der Waals surface area contributed by atoms with Crippen molar-refractivity contribution in [2.75, 3.05) is 18.5 Å². The van der Waals surface area contributed by atoms with Crippen LogP contribution >= 0.6 is 0 Å². The predicted octanol–water partition coefficient (Wildman–Crippen LogP) is 2.37. The summed E-state index contributed by atoms with van der Waals surface area (Å²) < 4.78 is 9.95. The summed E-state index contributed by atoms with van der Waals surface area (Å²) in [6.07, 6.45) is 1.21. The van der Waals surface area contributed by atoms with E-state index in [0.717, 1.165) is 12.8 Å². The second-order valence-corrected chi connectivity index (χ2v) is 7.14. The van der Waals surface area contributed by atoms with Crippen LogP contribution in [0, 0.1) is 0 Å². The average Bonchev–Trinajstić information content (AvgIpc) is 2.85. The summed E-state index contributed by atoms with van der Waals surface area (Å²) in [4.78, 5) is 59.2. The number of hydrogen-bond donors (Lipinski definition) is 3. The number of amides is 3. The number of unbranched alkanes of at least 4 members (excludes halogenated alkanes) is 1. The van der Waals surface area contributed by atoms with E-state index in [1.807, 2.05) is 6.92 Å². The van der Waals surface area contributed by atoms with E-state index in [4.69, 9.17) is 9.47 Å². The molecule has 0 aliphatic heterocycles. The van der Waals surface area contributed by atoms with Crippen molar-refractivity contribution < 1.29 is 33.4 Å². The second kappa shape index (κ2) is 14.0. The molecule has 0 fully saturated rings. The zero-order valence-corrected chi connectivity index (χ0v) is 18.8. The summed E-state index contributed by atoms with van der Waals surface area (Å²) in [5, 5.41) is 2.53. The minimum atomic E-state index is -0.746. The molecule has 2 aromatic rings. The normalized spacial score (nSPS) is 10.0. The molecule has 0 spiro atoms. The molecule has 0 aliphatic carbocycles. The van der Waals surface area contributed by atoms with Crippen LogP contribution < -0.4 is 16.2 Å². The Balaban J connectivity index is 1.64. The van der Waals surface area contributed by atoms with Crippen molar-refractivity contribution in [1.29, 1.82) is 0 Å². The Labute approximate surface area is 197 Å². The van der Waals surface area contributed by atoms with E-state index < -0.39 is 36.3 Å². The van der Waals surface area contributed by atoms with E-state index in [1.54, 1.807) is 30.3 Å². The maximum absolute atomic E-state index is 12.0. The number of benzene rings is 2. The maximum Gasteiger partial charge on any atom is 0.338 e.